The summed E-state index contributed by atoms with van der Waals surface area (Å²) in [6.45, 7) is 1.57. The van der Waals surface area contributed by atoms with Gasteiger partial charge in [-0.2, -0.15) is 0 Å². The lowest BCUT2D eigenvalue weighted by atomic mass is 10.0. The molecule has 3 heteroatoms. The van der Waals surface area contributed by atoms with Crippen molar-refractivity contribution in [2.45, 2.75) is 37.8 Å². The van der Waals surface area contributed by atoms with Gasteiger partial charge in [-0.15, -0.1) is 0 Å². The molecule has 1 amide bonds. The molecule has 17 heavy (non-hydrogen) atoms. The van der Waals surface area contributed by atoms with Crippen LogP contribution < -0.4 is 5.73 Å². The first-order valence-corrected chi connectivity index (χ1v) is 6.34. The normalized spacial score (nSPS) is 21.6. The van der Waals surface area contributed by atoms with Crippen LogP contribution >= 0.6 is 0 Å². The summed E-state index contributed by atoms with van der Waals surface area (Å²) in [5.41, 5.74) is 8.13. The fraction of sp³-hybridized carbons (Fsp3) is 0.500. The third kappa shape index (κ3) is 1.95. The van der Waals surface area contributed by atoms with Gasteiger partial charge in [-0.3, -0.25) is 4.79 Å². The Labute approximate surface area is 102 Å². The second-order valence-electron chi connectivity index (χ2n) is 5.26. The van der Waals surface area contributed by atoms with Crippen molar-refractivity contribution in [3.63, 3.8) is 0 Å². The van der Waals surface area contributed by atoms with Gasteiger partial charge >= 0.3 is 0 Å². The summed E-state index contributed by atoms with van der Waals surface area (Å²) in [6, 6.07) is 8.40. The van der Waals surface area contributed by atoms with Gasteiger partial charge < -0.3 is 10.6 Å². The molecule has 1 aromatic rings. The van der Waals surface area contributed by atoms with Gasteiger partial charge in [0.1, 0.15) is 0 Å². The van der Waals surface area contributed by atoms with Crippen molar-refractivity contribution in [3.8, 4) is 0 Å². The summed E-state index contributed by atoms with van der Waals surface area (Å²) in [7, 11) is 0. The Bertz CT molecular complexity index is 451. The van der Waals surface area contributed by atoms with Crippen molar-refractivity contribution in [2.24, 2.45) is 5.73 Å². The van der Waals surface area contributed by atoms with Crippen LogP contribution in [0.15, 0.2) is 24.3 Å². The molecule has 1 aromatic carbocycles. The molecule has 2 N–H and O–H groups in total. The number of carbonyl (C=O) groups is 1. The van der Waals surface area contributed by atoms with Gasteiger partial charge in [0.2, 0.25) is 5.91 Å². The predicted molar refractivity (Wildman–Crippen MR) is 66.3 cm³/mol. The maximum absolute atomic E-state index is 12.2. The van der Waals surface area contributed by atoms with Gasteiger partial charge in [0.15, 0.2) is 0 Å². The lowest BCUT2D eigenvalue weighted by Gasteiger charge is -2.24. The van der Waals surface area contributed by atoms with Crippen molar-refractivity contribution in [1.29, 1.82) is 0 Å². The van der Waals surface area contributed by atoms with Gasteiger partial charge in [0.05, 0.1) is 5.54 Å². The fourth-order valence-electron chi connectivity index (χ4n) is 2.54. The van der Waals surface area contributed by atoms with E-state index in [4.69, 9.17) is 5.73 Å². The van der Waals surface area contributed by atoms with Crippen molar-refractivity contribution >= 4 is 5.91 Å². The Hall–Kier alpha value is -1.35. The van der Waals surface area contributed by atoms with E-state index < -0.39 is 5.54 Å². The van der Waals surface area contributed by atoms with Crippen molar-refractivity contribution < 1.29 is 4.79 Å². The minimum Gasteiger partial charge on any atom is -0.337 e. The molecule has 0 atom stereocenters. The van der Waals surface area contributed by atoms with E-state index in [1.165, 1.54) is 11.1 Å². The molecule has 1 fully saturated rings. The molecular formula is C14H18N2O. The zero-order valence-electron chi connectivity index (χ0n) is 9.98. The molecule has 0 saturated heterocycles. The Morgan fingerprint density at radius 1 is 1.24 bits per heavy atom. The lowest BCUT2D eigenvalue weighted by molar-refractivity contribution is -0.134. The second kappa shape index (κ2) is 3.84. The minimum atomic E-state index is -0.528. The van der Waals surface area contributed by atoms with Gasteiger partial charge in [-0.05, 0) is 36.8 Å². The molecule has 0 unspecified atom stereocenters. The molecule has 1 aliphatic carbocycles. The summed E-state index contributed by atoms with van der Waals surface area (Å²) in [5.74, 6) is 0.147. The number of nitrogens with zero attached hydrogens (tertiary/aromatic N) is 1. The minimum absolute atomic E-state index is 0.147. The van der Waals surface area contributed by atoms with Crippen LogP contribution in [0.3, 0.4) is 0 Å². The number of amides is 1. The number of fused-ring (bicyclic) bond motifs is 1. The smallest absolute Gasteiger partial charge is 0.242 e. The lowest BCUT2D eigenvalue weighted by Crippen LogP contribution is -2.45. The average Bonchev–Trinajstić information content (AvgIpc) is 3.11. The third-order valence-corrected chi connectivity index (χ3v) is 3.86. The molecule has 0 bridgehead atoms. The molecule has 0 aromatic heterocycles. The van der Waals surface area contributed by atoms with Crippen LogP contribution in [0, 0.1) is 0 Å². The van der Waals surface area contributed by atoms with Gasteiger partial charge in [-0.1, -0.05) is 24.3 Å². The molecule has 0 radical (unpaired) electrons. The number of benzene rings is 1. The summed E-state index contributed by atoms with van der Waals surface area (Å²) in [6.07, 6.45) is 3.81. The highest BCUT2D eigenvalue weighted by atomic mass is 16.2. The van der Waals surface area contributed by atoms with Crippen LogP contribution in [0.4, 0.5) is 0 Å². The van der Waals surface area contributed by atoms with E-state index in [-0.39, 0.29) is 5.91 Å². The van der Waals surface area contributed by atoms with Crippen LogP contribution in [0.25, 0.3) is 0 Å². The van der Waals surface area contributed by atoms with Crippen molar-refractivity contribution in [2.75, 3.05) is 6.54 Å². The van der Waals surface area contributed by atoms with Crippen molar-refractivity contribution in [1.82, 2.24) is 4.90 Å². The zero-order valence-corrected chi connectivity index (χ0v) is 9.98. The zero-order chi connectivity index (χ0) is 11.9. The Kier molecular flexibility index (Phi) is 2.44. The molecule has 1 heterocycles. The first kappa shape index (κ1) is 10.8. The highest BCUT2D eigenvalue weighted by Gasteiger charge is 2.48. The van der Waals surface area contributed by atoms with E-state index >= 15 is 0 Å². The topological polar surface area (TPSA) is 46.3 Å². The van der Waals surface area contributed by atoms with Crippen LogP contribution in [0.5, 0.6) is 0 Å². The number of carbonyl (C=O) groups excluding carboxylic acids is 1. The highest BCUT2D eigenvalue weighted by molar-refractivity contribution is 5.89. The van der Waals surface area contributed by atoms with Crippen LogP contribution in [-0.2, 0) is 17.8 Å². The standard InChI is InChI=1S/C14H18N2O/c15-14(7-8-14)13(17)16-9-3-6-11-4-1-2-5-12(11)10-16/h1-2,4-5H,3,6-10,15H2. The fourth-order valence-corrected chi connectivity index (χ4v) is 2.54. The predicted octanol–water partition coefficient (Wildman–Crippen LogP) is 1.45. The molecule has 2 aliphatic rings. The quantitative estimate of drug-likeness (QED) is 0.793. The summed E-state index contributed by atoms with van der Waals surface area (Å²) < 4.78 is 0. The molecule has 3 nitrogen and oxygen atoms in total. The van der Waals surface area contributed by atoms with Crippen molar-refractivity contribution in [3.05, 3.63) is 35.4 Å². The molecular weight excluding hydrogens is 212 g/mol. The maximum atomic E-state index is 12.2. The summed E-state index contributed by atoms with van der Waals surface area (Å²) >= 11 is 0. The van der Waals surface area contributed by atoms with E-state index in [2.05, 4.69) is 18.2 Å². The third-order valence-electron chi connectivity index (χ3n) is 3.86. The van der Waals surface area contributed by atoms with Crippen LogP contribution in [-0.4, -0.2) is 22.9 Å². The molecule has 1 aliphatic heterocycles. The van der Waals surface area contributed by atoms with E-state index in [0.717, 1.165) is 38.8 Å². The number of aryl methyl sites for hydroxylation is 1. The van der Waals surface area contributed by atoms with Gasteiger partial charge in [-0.25, -0.2) is 0 Å². The van der Waals surface area contributed by atoms with Crippen LogP contribution in [0.1, 0.15) is 30.4 Å². The Morgan fingerprint density at radius 2 is 1.94 bits per heavy atom. The average molecular weight is 230 g/mol. The Balaban J connectivity index is 1.83. The first-order chi connectivity index (χ1) is 8.19. The monoisotopic (exact) mass is 230 g/mol. The number of hydrogen-bond donors (Lipinski definition) is 1. The highest BCUT2D eigenvalue weighted by Crippen LogP contribution is 2.35. The SMILES string of the molecule is NC1(C(=O)N2CCCc3ccccc3C2)CC1. The number of hydrogen-bond acceptors (Lipinski definition) is 2. The van der Waals surface area contributed by atoms with E-state index in [1.54, 1.807) is 0 Å². The van der Waals surface area contributed by atoms with Gasteiger partial charge in [0, 0.05) is 13.1 Å². The summed E-state index contributed by atoms with van der Waals surface area (Å²) in [5, 5.41) is 0. The van der Waals surface area contributed by atoms with E-state index in [9.17, 15) is 4.79 Å². The number of nitrogens with two attached hydrogens (primary N) is 1. The maximum Gasteiger partial charge on any atom is 0.242 e. The number of rotatable bonds is 1. The van der Waals surface area contributed by atoms with Gasteiger partial charge in [0.25, 0.3) is 0 Å². The molecule has 90 valence electrons. The molecule has 3 rings (SSSR count). The molecule has 1 saturated carbocycles. The molecule has 0 spiro atoms. The van der Waals surface area contributed by atoms with E-state index in [0.29, 0.717) is 0 Å². The van der Waals surface area contributed by atoms with E-state index in [1.807, 2.05) is 11.0 Å². The largest absolute Gasteiger partial charge is 0.337 e. The van der Waals surface area contributed by atoms with Crippen LogP contribution in [0.2, 0.25) is 0 Å². The second-order valence-corrected chi connectivity index (χ2v) is 5.26. The Morgan fingerprint density at radius 3 is 2.65 bits per heavy atom. The first-order valence-electron chi connectivity index (χ1n) is 6.34. The summed E-state index contributed by atoms with van der Waals surface area (Å²) in [4.78, 5) is 14.2.